The summed E-state index contributed by atoms with van der Waals surface area (Å²) >= 11 is 8.43. The SMILES string of the molecule is O=C(O)CCCNC(=O)c1c(I)c(I)c(C(=O)N2CCOCC2)c(I)c1I. The summed E-state index contributed by atoms with van der Waals surface area (Å²) in [7, 11) is 0. The van der Waals surface area contributed by atoms with Crippen molar-refractivity contribution >= 4 is 108 Å². The molecule has 0 radical (unpaired) electrons. The Balaban J connectivity index is 2.27. The summed E-state index contributed by atoms with van der Waals surface area (Å²) in [6.45, 7) is 2.47. The fourth-order valence-electron chi connectivity index (χ4n) is 2.47. The Morgan fingerprint density at radius 2 is 1.48 bits per heavy atom. The zero-order valence-electron chi connectivity index (χ0n) is 14.0. The third-order valence-corrected chi connectivity index (χ3v) is 10.2. The molecule has 1 aliphatic heterocycles. The monoisotopic (exact) mass is 824 g/mol. The number of hydrogen-bond acceptors (Lipinski definition) is 4. The van der Waals surface area contributed by atoms with Crippen LogP contribution < -0.4 is 5.32 Å². The number of morpholine rings is 1. The lowest BCUT2D eigenvalue weighted by molar-refractivity contribution is -0.137. The highest BCUT2D eigenvalue weighted by Gasteiger charge is 2.29. The summed E-state index contributed by atoms with van der Waals surface area (Å²) in [5.74, 6) is -1.18. The van der Waals surface area contributed by atoms with Gasteiger partial charge >= 0.3 is 5.97 Å². The summed E-state index contributed by atoms with van der Waals surface area (Å²) in [5, 5.41) is 11.5. The number of aliphatic carboxylic acids is 1. The molecule has 1 aromatic rings. The van der Waals surface area contributed by atoms with Crippen LogP contribution in [0.15, 0.2) is 0 Å². The minimum Gasteiger partial charge on any atom is -0.481 e. The molecule has 2 N–H and O–H groups in total. The van der Waals surface area contributed by atoms with Gasteiger partial charge in [0.1, 0.15) is 0 Å². The molecule has 148 valence electrons. The fourth-order valence-corrected chi connectivity index (χ4v) is 6.61. The van der Waals surface area contributed by atoms with Gasteiger partial charge in [-0.05, 0) is 96.8 Å². The van der Waals surface area contributed by atoms with E-state index in [2.05, 4.69) is 95.7 Å². The van der Waals surface area contributed by atoms with E-state index in [0.29, 0.717) is 50.4 Å². The van der Waals surface area contributed by atoms with Crippen LogP contribution in [0.1, 0.15) is 33.6 Å². The van der Waals surface area contributed by atoms with Gasteiger partial charge in [0.25, 0.3) is 11.8 Å². The van der Waals surface area contributed by atoms with E-state index in [1.165, 1.54) is 0 Å². The molecule has 0 bridgehead atoms. The van der Waals surface area contributed by atoms with Crippen LogP contribution in [0.5, 0.6) is 0 Å². The largest absolute Gasteiger partial charge is 0.481 e. The van der Waals surface area contributed by atoms with Gasteiger partial charge in [0.2, 0.25) is 0 Å². The molecule has 0 saturated carbocycles. The van der Waals surface area contributed by atoms with Gasteiger partial charge in [-0.3, -0.25) is 14.4 Å². The van der Waals surface area contributed by atoms with E-state index in [1.54, 1.807) is 4.90 Å². The molecule has 1 fully saturated rings. The van der Waals surface area contributed by atoms with Gasteiger partial charge in [-0.1, -0.05) is 0 Å². The molecule has 7 nitrogen and oxygen atoms in total. The molecular formula is C16H16I4N2O5. The zero-order valence-corrected chi connectivity index (χ0v) is 22.6. The van der Waals surface area contributed by atoms with E-state index in [9.17, 15) is 14.4 Å². The fraction of sp³-hybridized carbons (Fsp3) is 0.438. The Bertz CT molecular complexity index is 737. The first-order valence-electron chi connectivity index (χ1n) is 7.98. The lowest BCUT2D eigenvalue weighted by Crippen LogP contribution is -2.41. The molecular weight excluding hydrogens is 808 g/mol. The minimum atomic E-state index is -0.886. The lowest BCUT2D eigenvalue weighted by atomic mass is 10.1. The van der Waals surface area contributed by atoms with Gasteiger partial charge < -0.3 is 20.1 Å². The minimum absolute atomic E-state index is 0.0104. The maximum absolute atomic E-state index is 13.0. The Morgan fingerprint density at radius 1 is 0.963 bits per heavy atom. The molecule has 0 atom stereocenters. The second-order valence-corrected chi connectivity index (χ2v) is 9.98. The van der Waals surface area contributed by atoms with Crippen LogP contribution >= 0.6 is 90.4 Å². The van der Waals surface area contributed by atoms with Crippen LogP contribution in [0.4, 0.5) is 0 Å². The topological polar surface area (TPSA) is 95.9 Å². The average Bonchev–Trinajstić information content (AvgIpc) is 2.64. The van der Waals surface area contributed by atoms with Crippen molar-refractivity contribution in [2.45, 2.75) is 12.8 Å². The number of amides is 2. The Hall–Kier alpha value is 0.510. The third-order valence-electron chi connectivity index (χ3n) is 3.86. The van der Waals surface area contributed by atoms with Gasteiger partial charge in [0.15, 0.2) is 0 Å². The van der Waals surface area contributed by atoms with Gasteiger partial charge in [-0.15, -0.1) is 0 Å². The predicted molar refractivity (Wildman–Crippen MR) is 133 cm³/mol. The molecule has 11 heteroatoms. The number of carboxylic acids is 1. The van der Waals surface area contributed by atoms with Crippen LogP contribution in [0, 0.1) is 14.3 Å². The van der Waals surface area contributed by atoms with Gasteiger partial charge in [0, 0.05) is 40.3 Å². The first kappa shape index (κ1) is 23.8. The van der Waals surface area contributed by atoms with Crippen LogP contribution in [0.2, 0.25) is 0 Å². The Morgan fingerprint density at radius 3 is 2.00 bits per heavy atom. The maximum atomic E-state index is 13.0. The molecule has 0 spiro atoms. The maximum Gasteiger partial charge on any atom is 0.303 e. The first-order valence-corrected chi connectivity index (χ1v) is 12.3. The second-order valence-electron chi connectivity index (χ2n) is 5.66. The molecule has 2 amide bonds. The second kappa shape index (κ2) is 11.1. The molecule has 1 aliphatic rings. The van der Waals surface area contributed by atoms with Gasteiger partial charge in [-0.2, -0.15) is 0 Å². The molecule has 1 saturated heterocycles. The van der Waals surface area contributed by atoms with Gasteiger partial charge in [0.05, 0.1) is 24.3 Å². The van der Waals surface area contributed by atoms with Crippen molar-refractivity contribution in [2.24, 2.45) is 0 Å². The van der Waals surface area contributed by atoms with Crippen molar-refractivity contribution in [1.29, 1.82) is 0 Å². The highest BCUT2D eigenvalue weighted by atomic mass is 127. The van der Waals surface area contributed by atoms with Crippen molar-refractivity contribution in [3.8, 4) is 0 Å². The van der Waals surface area contributed by atoms with E-state index in [0.717, 1.165) is 14.3 Å². The molecule has 0 aliphatic carbocycles. The zero-order chi connectivity index (χ0) is 20.1. The molecule has 1 aromatic carbocycles. The lowest BCUT2D eigenvalue weighted by Gasteiger charge is -2.28. The van der Waals surface area contributed by atoms with Crippen molar-refractivity contribution in [2.75, 3.05) is 32.8 Å². The highest BCUT2D eigenvalue weighted by Crippen LogP contribution is 2.33. The molecule has 0 unspecified atom stereocenters. The first-order chi connectivity index (χ1) is 12.8. The van der Waals surface area contributed by atoms with Crippen LogP contribution in [-0.4, -0.2) is 60.6 Å². The number of hydrogen-bond donors (Lipinski definition) is 2. The summed E-state index contributed by atoms with van der Waals surface area (Å²) in [6.07, 6.45) is 0.381. The standard InChI is InChI=1S/C16H16I4N2O5/c17-11-9(15(25)21-3-1-2-8(23)24)12(18)14(20)10(13(11)19)16(26)22-4-6-27-7-5-22/h1-7H2,(H,21,25)(H,23,24). The summed E-state index contributed by atoms with van der Waals surface area (Å²) in [4.78, 5) is 38.0. The number of benzene rings is 1. The van der Waals surface area contributed by atoms with E-state index in [4.69, 9.17) is 9.84 Å². The third kappa shape index (κ3) is 6.00. The van der Waals surface area contributed by atoms with Crippen molar-refractivity contribution < 1.29 is 24.2 Å². The Kier molecular flexibility index (Phi) is 9.74. The quantitative estimate of drug-likeness (QED) is 0.262. The smallest absolute Gasteiger partial charge is 0.303 e. The van der Waals surface area contributed by atoms with Crippen LogP contribution in [-0.2, 0) is 9.53 Å². The number of nitrogens with one attached hydrogen (secondary N) is 1. The summed E-state index contributed by atoms with van der Waals surface area (Å²) in [6, 6.07) is 0. The van der Waals surface area contributed by atoms with Crippen LogP contribution in [0.3, 0.4) is 0 Å². The number of rotatable bonds is 6. The van der Waals surface area contributed by atoms with E-state index in [-0.39, 0.29) is 18.2 Å². The predicted octanol–water partition coefficient (Wildman–Crippen LogP) is 3.17. The molecule has 27 heavy (non-hydrogen) atoms. The van der Waals surface area contributed by atoms with Gasteiger partial charge in [-0.25, -0.2) is 0 Å². The van der Waals surface area contributed by atoms with Crippen molar-refractivity contribution in [1.82, 2.24) is 10.2 Å². The average molecular weight is 824 g/mol. The van der Waals surface area contributed by atoms with E-state index < -0.39 is 5.97 Å². The number of ether oxygens (including phenoxy) is 1. The van der Waals surface area contributed by atoms with E-state index in [1.807, 2.05) is 0 Å². The number of carboxylic acid groups (broad SMARTS) is 1. The highest BCUT2D eigenvalue weighted by molar-refractivity contribution is 14.1. The molecule has 1 heterocycles. The summed E-state index contributed by atoms with van der Waals surface area (Å²) < 4.78 is 8.28. The van der Waals surface area contributed by atoms with Crippen molar-refractivity contribution in [3.63, 3.8) is 0 Å². The molecule has 0 aromatic heterocycles. The Labute approximate surface area is 211 Å². The summed E-state index contributed by atoms with van der Waals surface area (Å²) in [5.41, 5.74) is 1.15. The normalized spacial score (nSPS) is 14.1. The number of carbonyl (C=O) groups excluding carboxylic acids is 2. The number of halogens is 4. The number of nitrogens with zero attached hydrogens (tertiary/aromatic N) is 1. The van der Waals surface area contributed by atoms with E-state index >= 15 is 0 Å². The van der Waals surface area contributed by atoms with Crippen LogP contribution in [0.25, 0.3) is 0 Å². The molecule has 2 rings (SSSR count). The number of carbonyl (C=O) groups is 3. The van der Waals surface area contributed by atoms with Crippen molar-refractivity contribution in [3.05, 3.63) is 25.4 Å².